The number of hydrogen-bond acceptors (Lipinski definition) is 7. The van der Waals surface area contributed by atoms with Gasteiger partial charge in [0.15, 0.2) is 11.3 Å². The first-order chi connectivity index (χ1) is 19.0. The van der Waals surface area contributed by atoms with Crippen molar-refractivity contribution in [3.05, 3.63) is 40.0 Å². The normalized spacial score (nSPS) is 21.5. The second kappa shape index (κ2) is 11.5. The van der Waals surface area contributed by atoms with E-state index in [1.54, 1.807) is 23.0 Å². The number of pyridine rings is 1. The average molecular weight is 644 g/mol. The Hall–Kier alpha value is -3.16. The van der Waals surface area contributed by atoms with Gasteiger partial charge in [0.05, 0.1) is 11.9 Å². The summed E-state index contributed by atoms with van der Waals surface area (Å²) in [6.45, 7) is 0. The molecule has 3 aromatic rings. The van der Waals surface area contributed by atoms with E-state index in [9.17, 15) is 9.59 Å². The molecule has 0 unspecified atom stereocenters. The molecule has 0 aromatic carbocycles. The molecule has 0 aliphatic heterocycles. The van der Waals surface area contributed by atoms with E-state index in [0.29, 0.717) is 34.9 Å². The highest BCUT2D eigenvalue weighted by atomic mass is 127. The van der Waals surface area contributed by atoms with Crippen LogP contribution in [0, 0.1) is 3.70 Å². The fourth-order valence-corrected chi connectivity index (χ4v) is 5.99. The van der Waals surface area contributed by atoms with Crippen LogP contribution in [-0.4, -0.2) is 55.7 Å². The first-order valence-electron chi connectivity index (χ1n) is 13.9. The van der Waals surface area contributed by atoms with Crippen molar-refractivity contribution in [2.75, 3.05) is 16.0 Å². The molecule has 3 aliphatic carbocycles. The highest BCUT2D eigenvalue weighted by molar-refractivity contribution is 14.1. The molecular formula is C27H34IN9O2. The number of nitrogens with one attached hydrogen (secondary N) is 5. The second-order valence-electron chi connectivity index (χ2n) is 10.9. The Labute approximate surface area is 240 Å². The summed E-state index contributed by atoms with van der Waals surface area (Å²) in [4.78, 5) is 34.3. The third-order valence-corrected chi connectivity index (χ3v) is 8.32. The molecule has 3 aliphatic rings. The van der Waals surface area contributed by atoms with Crippen LogP contribution in [0.5, 0.6) is 0 Å². The van der Waals surface area contributed by atoms with E-state index in [2.05, 4.69) is 59.1 Å². The molecule has 11 nitrogen and oxygen atoms in total. The van der Waals surface area contributed by atoms with Crippen LogP contribution < -0.4 is 26.6 Å². The molecule has 3 aromatic heterocycles. The van der Waals surface area contributed by atoms with Crippen LogP contribution in [0.25, 0.3) is 5.65 Å². The van der Waals surface area contributed by atoms with Crippen LogP contribution in [0.2, 0.25) is 0 Å². The molecule has 3 heterocycles. The highest BCUT2D eigenvalue weighted by Crippen LogP contribution is 2.30. The molecule has 3 saturated carbocycles. The van der Waals surface area contributed by atoms with Crippen molar-refractivity contribution in [2.45, 2.75) is 88.4 Å². The van der Waals surface area contributed by atoms with Crippen molar-refractivity contribution in [1.82, 2.24) is 30.2 Å². The molecule has 5 N–H and O–H groups in total. The largest absolute Gasteiger partial charge is 0.379 e. The minimum Gasteiger partial charge on any atom is -0.379 e. The molecule has 206 valence electrons. The van der Waals surface area contributed by atoms with Gasteiger partial charge in [0, 0.05) is 42.1 Å². The van der Waals surface area contributed by atoms with Gasteiger partial charge in [-0.15, -0.1) is 5.10 Å². The van der Waals surface area contributed by atoms with Gasteiger partial charge in [0.2, 0.25) is 0 Å². The topological polar surface area (TPSA) is 137 Å². The summed E-state index contributed by atoms with van der Waals surface area (Å²) in [6.07, 6.45) is 13.7. The lowest BCUT2D eigenvalue weighted by Gasteiger charge is -2.30. The minimum atomic E-state index is -0.283. The van der Waals surface area contributed by atoms with Crippen LogP contribution in [0.3, 0.4) is 0 Å². The summed E-state index contributed by atoms with van der Waals surface area (Å²) in [5, 5.41) is 21.1. The third-order valence-electron chi connectivity index (χ3n) is 7.73. The number of carbonyl (C=O) groups excluding carboxylic acids is 2. The van der Waals surface area contributed by atoms with Crippen molar-refractivity contribution >= 4 is 57.4 Å². The van der Waals surface area contributed by atoms with Gasteiger partial charge in [-0.1, -0.05) is 12.8 Å². The summed E-state index contributed by atoms with van der Waals surface area (Å²) in [7, 11) is 0. The van der Waals surface area contributed by atoms with Crippen LogP contribution >= 0.6 is 22.6 Å². The van der Waals surface area contributed by atoms with Gasteiger partial charge in [0.1, 0.15) is 9.52 Å². The van der Waals surface area contributed by atoms with E-state index >= 15 is 0 Å². The fourth-order valence-electron chi connectivity index (χ4n) is 5.50. The fraction of sp³-hybridized carbons (Fsp3) is 0.519. The van der Waals surface area contributed by atoms with Gasteiger partial charge >= 0.3 is 6.03 Å². The number of aromatic nitrogens is 4. The molecule has 3 fully saturated rings. The van der Waals surface area contributed by atoms with E-state index < -0.39 is 0 Å². The predicted molar refractivity (Wildman–Crippen MR) is 158 cm³/mol. The monoisotopic (exact) mass is 643 g/mol. The first kappa shape index (κ1) is 26.1. The molecule has 0 saturated heterocycles. The lowest BCUT2D eigenvalue weighted by atomic mass is 9.91. The Balaban J connectivity index is 1.13. The number of carbonyl (C=O) groups is 2. The molecule has 0 radical (unpaired) electrons. The first-order valence-corrected chi connectivity index (χ1v) is 15.0. The third kappa shape index (κ3) is 6.53. The van der Waals surface area contributed by atoms with E-state index in [0.717, 1.165) is 60.8 Å². The van der Waals surface area contributed by atoms with Gasteiger partial charge in [0.25, 0.3) is 5.91 Å². The molecular weight excluding hydrogens is 609 g/mol. The number of imidazole rings is 1. The maximum Gasteiger partial charge on any atom is 0.315 e. The van der Waals surface area contributed by atoms with Crippen LogP contribution in [0.15, 0.2) is 30.6 Å². The molecule has 39 heavy (non-hydrogen) atoms. The Bertz CT molecular complexity index is 1340. The van der Waals surface area contributed by atoms with Gasteiger partial charge in [-0.3, -0.25) is 9.78 Å². The molecule has 12 heteroatoms. The highest BCUT2D eigenvalue weighted by Gasteiger charge is 2.27. The molecule has 0 spiro atoms. The zero-order chi connectivity index (χ0) is 26.8. The van der Waals surface area contributed by atoms with Crippen molar-refractivity contribution in [1.29, 1.82) is 0 Å². The molecule has 3 amide bonds. The maximum absolute atomic E-state index is 13.2. The number of anilines is 3. The zero-order valence-corrected chi connectivity index (χ0v) is 23.9. The van der Waals surface area contributed by atoms with Gasteiger partial charge in [-0.05, 0) is 86.1 Å². The lowest BCUT2D eigenvalue weighted by Crippen LogP contribution is -2.47. The minimum absolute atomic E-state index is 0.0337. The summed E-state index contributed by atoms with van der Waals surface area (Å²) in [6, 6.07) is 6.70. The number of rotatable bonds is 8. The Morgan fingerprint density at radius 3 is 2.23 bits per heavy atom. The maximum atomic E-state index is 13.2. The number of urea groups is 1. The summed E-state index contributed by atoms with van der Waals surface area (Å²) in [5.41, 5.74) is 2.53. The number of nitrogens with zero attached hydrogens (tertiary/aromatic N) is 4. The van der Waals surface area contributed by atoms with Crippen LogP contribution in [0.1, 0.15) is 74.7 Å². The van der Waals surface area contributed by atoms with E-state index in [1.165, 1.54) is 12.8 Å². The Kier molecular flexibility index (Phi) is 7.71. The molecule has 6 rings (SSSR count). The number of hydrogen-bond donors (Lipinski definition) is 5. The van der Waals surface area contributed by atoms with Crippen molar-refractivity contribution < 1.29 is 9.59 Å². The second-order valence-corrected chi connectivity index (χ2v) is 12.0. The van der Waals surface area contributed by atoms with Crippen molar-refractivity contribution in [3.63, 3.8) is 0 Å². The van der Waals surface area contributed by atoms with Crippen molar-refractivity contribution in [3.8, 4) is 0 Å². The standard InChI is InChI=1S/C27H34IN9O2/c28-23-13-20(11-12-29-23)33-26(38)22-15-30-25-21(31-17-5-6-17)14-24(36-37(22)25)32-18-7-9-19(10-8-18)35-27(39)34-16-3-1-2-4-16/h11-19,31H,1-10H2,(H,32,36)(H,29,33,38)(H2,34,35,39). The van der Waals surface area contributed by atoms with Crippen LogP contribution in [-0.2, 0) is 0 Å². The summed E-state index contributed by atoms with van der Waals surface area (Å²) < 4.78 is 2.41. The molecule has 0 bridgehead atoms. The zero-order valence-electron chi connectivity index (χ0n) is 21.8. The number of halogens is 1. The van der Waals surface area contributed by atoms with Crippen LogP contribution in [0.4, 0.5) is 22.0 Å². The van der Waals surface area contributed by atoms with E-state index in [4.69, 9.17) is 5.10 Å². The summed E-state index contributed by atoms with van der Waals surface area (Å²) in [5.74, 6) is 0.417. The number of fused-ring (bicyclic) bond motifs is 1. The quantitative estimate of drug-likeness (QED) is 0.180. The lowest BCUT2D eigenvalue weighted by molar-refractivity contribution is 0.102. The Morgan fingerprint density at radius 2 is 1.51 bits per heavy atom. The smallest absolute Gasteiger partial charge is 0.315 e. The van der Waals surface area contributed by atoms with E-state index in [-0.39, 0.29) is 24.0 Å². The van der Waals surface area contributed by atoms with Gasteiger partial charge < -0.3 is 26.6 Å². The average Bonchev–Trinajstić information content (AvgIpc) is 3.38. The Morgan fingerprint density at radius 1 is 0.846 bits per heavy atom. The van der Waals surface area contributed by atoms with Crippen molar-refractivity contribution in [2.24, 2.45) is 0 Å². The van der Waals surface area contributed by atoms with Gasteiger partial charge in [-0.25, -0.2) is 14.3 Å². The van der Waals surface area contributed by atoms with E-state index in [1.807, 2.05) is 12.1 Å². The predicted octanol–water partition coefficient (Wildman–Crippen LogP) is 4.52. The molecule has 0 atom stereocenters. The van der Waals surface area contributed by atoms with Gasteiger partial charge in [-0.2, -0.15) is 0 Å². The summed E-state index contributed by atoms with van der Waals surface area (Å²) >= 11 is 2.12. The SMILES string of the molecule is O=C(NC1CCCC1)NC1CCC(Nc2cc(NC3CC3)c3ncc(C(=O)Nc4ccnc(I)c4)n3n2)CC1. The number of amides is 3.